The molecule has 0 bridgehead atoms. The van der Waals surface area contributed by atoms with Crippen molar-refractivity contribution in [2.24, 2.45) is 7.05 Å². The molecule has 25 heavy (non-hydrogen) atoms. The number of fused-ring (bicyclic) bond motifs is 1. The highest BCUT2D eigenvalue weighted by Crippen LogP contribution is 2.41. The van der Waals surface area contributed by atoms with Crippen LogP contribution in [0.3, 0.4) is 0 Å². The van der Waals surface area contributed by atoms with Gasteiger partial charge in [-0.25, -0.2) is 4.98 Å². The lowest BCUT2D eigenvalue weighted by Gasteiger charge is -2.30. The lowest BCUT2D eigenvalue weighted by molar-refractivity contribution is -0.00404. The quantitative estimate of drug-likeness (QED) is 0.896. The summed E-state index contributed by atoms with van der Waals surface area (Å²) in [7, 11) is 3.65. The van der Waals surface area contributed by atoms with Crippen molar-refractivity contribution in [2.45, 2.75) is 31.5 Å². The molecule has 2 aromatic rings. The van der Waals surface area contributed by atoms with Crippen molar-refractivity contribution in [1.29, 1.82) is 0 Å². The van der Waals surface area contributed by atoms with Crippen LogP contribution in [0.15, 0.2) is 24.7 Å². The second-order valence-corrected chi connectivity index (χ2v) is 6.42. The van der Waals surface area contributed by atoms with Gasteiger partial charge in [-0.2, -0.15) is 0 Å². The Morgan fingerprint density at radius 3 is 3.08 bits per heavy atom. The van der Waals surface area contributed by atoms with E-state index in [-0.39, 0.29) is 12.9 Å². The third-order valence-electron chi connectivity index (χ3n) is 4.78. The summed E-state index contributed by atoms with van der Waals surface area (Å²) in [5, 5.41) is 3.63. The first-order chi connectivity index (χ1) is 12.2. The number of ether oxygens (including phenoxy) is 4. The monoisotopic (exact) mass is 345 g/mol. The average Bonchev–Trinajstić information content (AvgIpc) is 3.28. The number of rotatable bonds is 5. The molecule has 7 heteroatoms. The molecule has 2 aliphatic heterocycles. The van der Waals surface area contributed by atoms with E-state index in [9.17, 15) is 0 Å². The van der Waals surface area contributed by atoms with E-state index in [4.69, 9.17) is 18.9 Å². The summed E-state index contributed by atoms with van der Waals surface area (Å²) in [6, 6.07) is 4.40. The number of benzene rings is 1. The topological polar surface area (TPSA) is 66.8 Å². The van der Waals surface area contributed by atoms with Crippen LogP contribution in [0.1, 0.15) is 30.2 Å². The van der Waals surface area contributed by atoms with E-state index in [2.05, 4.69) is 10.3 Å². The van der Waals surface area contributed by atoms with Gasteiger partial charge in [-0.3, -0.25) is 0 Å². The van der Waals surface area contributed by atoms with Crippen LogP contribution in [0.4, 0.5) is 0 Å². The fourth-order valence-electron chi connectivity index (χ4n) is 3.41. The zero-order valence-electron chi connectivity index (χ0n) is 14.5. The molecule has 2 aliphatic rings. The standard InChI is InChI=1S/C18H23N3O4/c1-21-10-19-9-14(21)15-7-13(3-4-23-15)20-8-12-5-16(22-2)18-17(6-12)24-11-25-18/h5-6,9-10,13,15,20H,3-4,7-8,11H2,1-2H3/t13-,15+/m1/s1. The van der Waals surface area contributed by atoms with Crippen LogP contribution < -0.4 is 19.5 Å². The van der Waals surface area contributed by atoms with Gasteiger partial charge in [0, 0.05) is 26.2 Å². The lowest BCUT2D eigenvalue weighted by Crippen LogP contribution is -2.36. The van der Waals surface area contributed by atoms with Crippen LogP contribution in [0.5, 0.6) is 17.2 Å². The molecule has 1 aromatic heterocycles. The summed E-state index contributed by atoms with van der Waals surface area (Å²) >= 11 is 0. The molecule has 0 saturated carbocycles. The van der Waals surface area contributed by atoms with Gasteiger partial charge in [-0.15, -0.1) is 0 Å². The maximum atomic E-state index is 5.93. The lowest BCUT2D eigenvalue weighted by atomic mass is 10.0. The molecule has 134 valence electrons. The van der Waals surface area contributed by atoms with E-state index < -0.39 is 0 Å². The van der Waals surface area contributed by atoms with Crippen molar-refractivity contribution in [3.63, 3.8) is 0 Å². The number of imidazole rings is 1. The molecule has 0 amide bonds. The van der Waals surface area contributed by atoms with Crippen LogP contribution in [-0.2, 0) is 18.3 Å². The molecule has 3 heterocycles. The first-order valence-corrected chi connectivity index (χ1v) is 8.52. The average molecular weight is 345 g/mol. The first-order valence-electron chi connectivity index (χ1n) is 8.52. The van der Waals surface area contributed by atoms with Crippen molar-refractivity contribution in [3.8, 4) is 17.2 Å². The minimum Gasteiger partial charge on any atom is -0.493 e. The summed E-state index contributed by atoms with van der Waals surface area (Å²) in [6.45, 7) is 1.74. The normalized spacial score (nSPS) is 22.2. The molecule has 2 atom stereocenters. The summed E-state index contributed by atoms with van der Waals surface area (Å²) < 4.78 is 24.3. The maximum absolute atomic E-state index is 5.93. The highest BCUT2D eigenvalue weighted by Gasteiger charge is 2.26. The van der Waals surface area contributed by atoms with E-state index in [1.165, 1.54) is 0 Å². The molecule has 0 spiro atoms. The molecule has 1 fully saturated rings. The molecule has 4 rings (SSSR count). The second kappa shape index (κ2) is 6.93. The largest absolute Gasteiger partial charge is 0.493 e. The molecular formula is C18H23N3O4. The van der Waals surface area contributed by atoms with Gasteiger partial charge in [0.15, 0.2) is 11.5 Å². The van der Waals surface area contributed by atoms with Crippen LogP contribution >= 0.6 is 0 Å². The highest BCUT2D eigenvalue weighted by molar-refractivity contribution is 5.55. The molecule has 1 N–H and O–H groups in total. The minimum absolute atomic E-state index is 0.0880. The highest BCUT2D eigenvalue weighted by atomic mass is 16.7. The van der Waals surface area contributed by atoms with E-state index in [1.807, 2.05) is 36.3 Å². The van der Waals surface area contributed by atoms with Crippen LogP contribution in [0.2, 0.25) is 0 Å². The SMILES string of the molecule is COc1cc(CN[C@@H]2CCO[C@H](c3cncn3C)C2)cc2c1OCO2. The molecule has 1 saturated heterocycles. The fourth-order valence-corrected chi connectivity index (χ4v) is 3.41. The van der Waals surface area contributed by atoms with Gasteiger partial charge in [-0.05, 0) is 30.5 Å². The molecule has 1 aromatic carbocycles. The number of aryl methyl sites for hydroxylation is 1. The Morgan fingerprint density at radius 1 is 1.36 bits per heavy atom. The Balaban J connectivity index is 1.41. The Bertz CT molecular complexity index is 746. The van der Waals surface area contributed by atoms with E-state index >= 15 is 0 Å². The molecular weight excluding hydrogens is 322 g/mol. The molecule has 7 nitrogen and oxygen atoms in total. The van der Waals surface area contributed by atoms with E-state index in [0.717, 1.165) is 43.0 Å². The van der Waals surface area contributed by atoms with E-state index in [1.54, 1.807) is 7.11 Å². The van der Waals surface area contributed by atoms with Crippen LogP contribution in [0, 0.1) is 0 Å². The first kappa shape index (κ1) is 16.2. The molecule has 0 aliphatic carbocycles. The number of hydrogen-bond acceptors (Lipinski definition) is 6. The van der Waals surface area contributed by atoms with E-state index in [0.29, 0.717) is 17.5 Å². The Labute approximate surface area is 146 Å². The number of aromatic nitrogens is 2. The van der Waals surface area contributed by atoms with Crippen molar-refractivity contribution in [2.75, 3.05) is 20.5 Å². The number of methoxy groups -OCH3 is 1. The summed E-state index contributed by atoms with van der Waals surface area (Å²) in [4.78, 5) is 4.19. The van der Waals surface area contributed by atoms with Gasteiger partial charge in [0.25, 0.3) is 0 Å². The number of nitrogens with zero attached hydrogens (tertiary/aromatic N) is 2. The van der Waals surface area contributed by atoms with Crippen molar-refractivity contribution in [3.05, 3.63) is 35.9 Å². The van der Waals surface area contributed by atoms with Crippen molar-refractivity contribution >= 4 is 0 Å². The summed E-state index contributed by atoms with van der Waals surface area (Å²) in [5.41, 5.74) is 2.24. The maximum Gasteiger partial charge on any atom is 0.231 e. The van der Waals surface area contributed by atoms with Gasteiger partial charge < -0.3 is 28.8 Å². The van der Waals surface area contributed by atoms with Gasteiger partial charge in [0.05, 0.1) is 25.3 Å². The minimum atomic E-state index is 0.0880. The van der Waals surface area contributed by atoms with Crippen LogP contribution in [-0.4, -0.2) is 36.1 Å². The predicted molar refractivity (Wildman–Crippen MR) is 90.9 cm³/mol. The predicted octanol–water partition coefficient (Wildman–Crippen LogP) is 2.17. The second-order valence-electron chi connectivity index (χ2n) is 6.42. The molecule has 0 radical (unpaired) electrons. The van der Waals surface area contributed by atoms with Crippen molar-refractivity contribution in [1.82, 2.24) is 14.9 Å². The number of nitrogens with one attached hydrogen (secondary N) is 1. The zero-order valence-corrected chi connectivity index (χ0v) is 14.5. The third-order valence-corrected chi connectivity index (χ3v) is 4.78. The van der Waals surface area contributed by atoms with Gasteiger partial charge in [0.1, 0.15) is 6.10 Å². The third kappa shape index (κ3) is 3.29. The Morgan fingerprint density at radius 2 is 2.28 bits per heavy atom. The summed E-state index contributed by atoms with van der Waals surface area (Å²) in [5.74, 6) is 2.15. The van der Waals surface area contributed by atoms with Crippen molar-refractivity contribution < 1.29 is 18.9 Å². The van der Waals surface area contributed by atoms with Gasteiger partial charge in [0.2, 0.25) is 12.5 Å². The molecule has 0 unspecified atom stereocenters. The smallest absolute Gasteiger partial charge is 0.231 e. The fraction of sp³-hybridized carbons (Fsp3) is 0.500. The zero-order chi connectivity index (χ0) is 17.2. The number of hydrogen-bond donors (Lipinski definition) is 1. The summed E-state index contributed by atoms with van der Waals surface area (Å²) in [6.07, 6.45) is 5.71. The Kier molecular flexibility index (Phi) is 4.50. The van der Waals surface area contributed by atoms with Gasteiger partial charge in [-0.1, -0.05) is 0 Å². The Hall–Kier alpha value is -2.25. The van der Waals surface area contributed by atoms with Crippen LogP contribution in [0.25, 0.3) is 0 Å². The van der Waals surface area contributed by atoms with Gasteiger partial charge >= 0.3 is 0 Å².